The van der Waals surface area contributed by atoms with Gasteiger partial charge in [0.2, 0.25) is 11.8 Å². The van der Waals surface area contributed by atoms with Gasteiger partial charge in [-0.2, -0.15) is 0 Å². The maximum atomic E-state index is 12.4. The third-order valence-electron chi connectivity index (χ3n) is 5.05. The number of benzene rings is 1. The summed E-state index contributed by atoms with van der Waals surface area (Å²) in [6.07, 6.45) is 5.63. The molecule has 0 unspecified atom stereocenters. The maximum absolute atomic E-state index is 12.4. The van der Waals surface area contributed by atoms with E-state index in [2.05, 4.69) is 4.90 Å². The van der Waals surface area contributed by atoms with Crippen LogP contribution in [0.1, 0.15) is 18.4 Å². The zero-order valence-corrected chi connectivity index (χ0v) is 15.4. The lowest BCUT2D eigenvalue weighted by atomic mass is 10.2. The maximum Gasteiger partial charge on any atom is 0.246 e. The van der Waals surface area contributed by atoms with E-state index in [9.17, 15) is 9.59 Å². The standard InChI is InChI=1S/C20H27N3O3/c1-26-18-7-3-2-6-17(18)8-9-19(24)23-14-12-21(13-15-23)16-20(25)22-10-4-5-11-22/h2-3,6-9H,4-5,10-16H2,1H3/b9-8+. The number of likely N-dealkylation sites (tertiary alicyclic amines) is 1. The molecule has 26 heavy (non-hydrogen) atoms. The van der Waals surface area contributed by atoms with Gasteiger partial charge in [0.05, 0.1) is 13.7 Å². The molecule has 0 aromatic heterocycles. The Morgan fingerprint density at radius 2 is 1.69 bits per heavy atom. The summed E-state index contributed by atoms with van der Waals surface area (Å²) in [7, 11) is 1.62. The summed E-state index contributed by atoms with van der Waals surface area (Å²) in [5.41, 5.74) is 0.887. The second-order valence-electron chi connectivity index (χ2n) is 6.76. The first-order valence-corrected chi connectivity index (χ1v) is 9.27. The molecular weight excluding hydrogens is 330 g/mol. The van der Waals surface area contributed by atoms with Crippen molar-refractivity contribution in [3.63, 3.8) is 0 Å². The van der Waals surface area contributed by atoms with Gasteiger partial charge >= 0.3 is 0 Å². The van der Waals surface area contributed by atoms with Crippen LogP contribution in [0.4, 0.5) is 0 Å². The second kappa shape index (κ2) is 8.85. The molecule has 6 nitrogen and oxygen atoms in total. The van der Waals surface area contributed by atoms with E-state index in [1.165, 1.54) is 0 Å². The highest BCUT2D eigenvalue weighted by atomic mass is 16.5. The van der Waals surface area contributed by atoms with Gasteiger partial charge in [-0.3, -0.25) is 14.5 Å². The smallest absolute Gasteiger partial charge is 0.246 e. The number of methoxy groups -OCH3 is 1. The number of rotatable bonds is 5. The first kappa shape index (κ1) is 18.5. The normalized spacial score (nSPS) is 18.5. The minimum absolute atomic E-state index is 0.00132. The van der Waals surface area contributed by atoms with E-state index in [1.807, 2.05) is 34.1 Å². The van der Waals surface area contributed by atoms with E-state index < -0.39 is 0 Å². The predicted molar refractivity (Wildman–Crippen MR) is 101 cm³/mol. The molecule has 0 aliphatic carbocycles. The number of para-hydroxylation sites is 1. The van der Waals surface area contributed by atoms with Crippen molar-refractivity contribution >= 4 is 17.9 Å². The van der Waals surface area contributed by atoms with Crippen molar-refractivity contribution in [3.05, 3.63) is 35.9 Å². The van der Waals surface area contributed by atoms with E-state index in [4.69, 9.17) is 4.74 Å². The lowest BCUT2D eigenvalue weighted by molar-refractivity contribution is -0.132. The van der Waals surface area contributed by atoms with Crippen LogP contribution in [-0.2, 0) is 9.59 Å². The van der Waals surface area contributed by atoms with E-state index >= 15 is 0 Å². The Balaban J connectivity index is 1.47. The van der Waals surface area contributed by atoms with Gasteiger partial charge in [-0.15, -0.1) is 0 Å². The quantitative estimate of drug-likeness (QED) is 0.749. The van der Waals surface area contributed by atoms with Crippen molar-refractivity contribution in [2.75, 3.05) is 52.9 Å². The van der Waals surface area contributed by atoms with Gasteiger partial charge in [0.1, 0.15) is 5.75 Å². The van der Waals surface area contributed by atoms with Crippen LogP contribution >= 0.6 is 0 Å². The number of carbonyl (C=O) groups excluding carboxylic acids is 2. The van der Waals surface area contributed by atoms with E-state index in [-0.39, 0.29) is 11.8 Å². The number of carbonyl (C=O) groups is 2. The number of hydrogen-bond acceptors (Lipinski definition) is 4. The zero-order chi connectivity index (χ0) is 18.4. The summed E-state index contributed by atoms with van der Waals surface area (Å²) >= 11 is 0. The SMILES string of the molecule is COc1ccccc1/C=C/C(=O)N1CCN(CC(=O)N2CCCC2)CC1. The summed E-state index contributed by atoms with van der Waals surface area (Å²) in [5.74, 6) is 0.974. The molecule has 0 saturated carbocycles. The van der Waals surface area contributed by atoms with E-state index in [1.54, 1.807) is 19.3 Å². The molecule has 2 heterocycles. The highest BCUT2D eigenvalue weighted by molar-refractivity contribution is 5.92. The second-order valence-corrected chi connectivity index (χ2v) is 6.76. The topological polar surface area (TPSA) is 53.1 Å². The summed E-state index contributed by atoms with van der Waals surface area (Å²) in [5, 5.41) is 0. The Hall–Kier alpha value is -2.34. The third-order valence-corrected chi connectivity index (χ3v) is 5.05. The van der Waals surface area contributed by atoms with Crippen molar-refractivity contribution in [2.24, 2.45) is 0 Å². The number of piperazine rings is 1. The van der Waals surface area contributed by atoms with Gasteiger partial charge in [0.25, 0.3) is 0 Å². The molecule has 6 heteroatoms. The lowest BCUT2D eigenvalue weighted by Crippen LogP contribution is -2.51. The molecule has 2 aliphatic rings. The van der Waals surface area contributed by atoms with Crippen LogP contribution in [0.25, 0.3) is 6.08 Å². The van der Waals surface area contributed by atoms with Gasteiger partial charge in [-0.25, -0.2) is 0 Å². The molecular formula is C20H27N3O3. The van der Waals surface area contributed by atoms with Gasteiger partial charge < -0.3 is 14.5 Å². The molecule has 3 rings (SSSR count). The number of nitrogens with zero attached hydrogens (tertiary/aromatic N) is 3. The average molecular weight is 357 g/mol. The molecule has 1 aromatic carbocycles. The van der Waals surface area contributed by atoms with Crippen LogP contribution in [0.15, 0.2) is 30.3 Å². The summed E-state index contributed by atoms with van der Waals surface area (Å²) in [4.78, 5) is 30.6. The van der Waals surface area contributed by atoms with Crippen LogP contribution in [0.5, 0.6) is 5.75 Å². The van der Waals surface area contributed by atoms with Crippen molar-refractivity contribution in [1.82, 2.24) is 14.7 Å². The molecule has 2 fully saturated rings. The predicted octanol–water partition coefficient (Wildman–Crippen LogP) is 1.47. The van der Waals surface area contributed by atoms with Crippen molar-refractivity contribution < 1.29 is 14.3 Å². The molecule has 0 bridgehead atoms. The Morgan fingerprint density at radius 3 is 2.38 bits per heavy atom. The molecule has 140 valence electrons. The van der Waals surface area contributed by atoms with Gasteiger partial charge in [-0.05, 0) is 25.0 Å². The Morgan fingerprint density at radius 1 is 1.00 bits per heavy atom. The Labute approximate surface area is 155 Å². The van der Waals surface area contributed by atoms with Crippen LogP contribution in [0.3, 0.4) is 0 Å². The highest BCUT2D eigenvalue weighted by Gasteiger charge is 2.24. The Kier molecular flexibility index (Phi) is 6.28. The minimum Gasteiger partial charge on any atom is -0.496 e. The fourth-order valence-corrected chi connectivity index (χ4v) is 3.45. The number of amides is 2. The zero-order valence-electron chi connectivity index (χ0n) is 15.4. The molecule has 2 saturated heterocycles. The average Bonchev–Trinajstić information content (AvgIpc) is 3.22. The molecule has 2 amide bonds. The number of hydrogen-bond donors (Lipinski definition) is 0. The largest absolute Gasteiger partial charge is 0.496 e. The summed E-state index contributed by atoms with van der Waals surface area (Å²) in [6.45, 7) is 5.06. The molecule has 1 aromatic rings. The molecule has 0 spiro atoms. The number of ether oxygens (including phenoxy) is 1. The van der Waals surface area contributed by atoms with Crippen LogP contribution in [-0.4, -0.2) is 79.4 Å². The van der Waals surface area contributed by atoms with Gasteiger partial charge in [-0.1, -0.05) is 18.2 Å². The summed E-state index contributed by atoms with van der Waals surface area (Å²) in [6, 6.07) is 7.62. The van der Waals surface area contributed by atoms with Crippen molar-refractivity contribution in [2.45, 2.75) is 12.8 Å². The lowest BCUT2D eigenvalue weighted by Gasteiger charge is -2.34. The molecule has 2 aliphatic heterocycles. The fraction of sp³-hybridized carbons (Fsp3) is 0.500. The Bertz CT molecular complexity index is 660. The highest BCUT2D eigenvalue weighted by Crippen LogP contribution is 2.18. The monoisotopic (exact) mass is 357 g/mol. The first-order chi connectivity index (χ1) is 12.7. The van der Waals surface area contributed by atoms with Crippen LogP contribution in [0.2, 0.25) is 0 Å². The summed E-state index contributed by atoms with van der Waals surface area (Å²) < 4.78 is 5.30. The molecule has 0 atom stereocenters. The van der Waals surface area contributed by atoms with E-state index in [0.717, 1.165) is 50.3 Å². The van der Waals surface area contributed by atoms with Crippen LogP contribution < -0.4 is 4.74 Å². The van der Waals surface area contributed by atoms with Gasteiger partial charge in [0.15, 0.2) is 0 Å². The fourth-order valence-electron chi connectivity index (χ4n) is 3.45. The first-order valence-electron chi connectivity index (χ1n) is 9.27. The van der Waals surface area contributed by atoms with E-state index in [0.29, 0.717) is 19.6 Å². The molecule has 0 N–H and O–H groups in total. The third kappa shape index (κ3) is 4.64. The minimum atomic E-state index is 0.00132. The van der Waals surface area contributed by atoms with Crippen molar-refractivity contribution in [1.29, 1.82) is 0 Å². The van der Waals surface area contributed by atoms with Crippen molar-refractivity contribution in [3.8, 4) is 5.75 Å². The molecule has 0 radical (unpaired) electrons. The van der Waals surface area contributed by atoms with Crippen LogP contribution in [0, 0.1) is 0 Å². The van der Waals surface area contributed by atoms with Gasteiger partial charge in [0, 0.05) is 50.9 Å².